The van der Waals surface area contributed by atoms with Gasteiger partial charge in [-0.1, -0.05) is 0 Å². The molecule has 0 aliphatic rings. The summed E-state index contributed by atoms with van der Waals surface area (Å²) < 4.78 is 1.79. The second-order valence-electron chi connectivity index (χ2n) is 3.74. The molecule has 2 aromatic rings. The molecule has 0 aromatic carbocycles. The molecular weight excluding hydrogens is 222 g/mol. The quantitative estimate of drug-likeness (QED) is 0.613. The molecule has 0 bridgehead atoms. The summed E-state index contributed by atoms with van der Waals surface area (Å²) in [6, 6.07) is 0.0501. The Bertz CT molecular complexity index is 461. The van der Waals surface area contributed by atoms with Crippen molar-refractivity contribution < 1.29 is 0 Å². The third-order valence-electron chi connectivity index (χ3n) is 2.39. The number of nitrogens with two attached hydrogens (primary N) is 1. The maximum atomic E-state index is 5.56. The van der Waals surface area contributed by atoms with E-state index in [1.54, 1.807) is 16.0 Å². The summed E-state index contributed by atoms with van der Waals surface area (Å²) in [7, 11) is 1.90. The minimum Gasteiger partial charge on any atom is -0.276 e. The zero-order chi connectivity index (χ0) is 11.5. The molecule has 1 atom stereocenters. The smallest absolute Gasteiger partial charge is 0.0898 e. The fourth-order valence-electron chi connectivity index (χ4n) is 1.60. The lowest BCUT2D eigenvalue weighted by molar-refractivity contribution is 0.540. The van der Waals surface area contributed by atoms with E-state index < -0.39 is 0 Å². The zero-order valence-corrected chi connectivity index (χ0v) is 10.2. The number of aromatic nitrogens is 3. The van der Waals surface area contributed by atoms with Gasteiger partial charge in [0, 0.05) is 18.6 Å². The highest BCUT2D eigenvalue weighted by Gasteiger charge is 2.14. The molecule has 2 heterocycles. The van der Waals surface area contributed by atoms with Gasteiger partial charge in [0.1, 0.15) is 0 Å². The Morgan fingerprint density at radius 2 is 2.44 bits per heavy atom. The van der Waals surface area contributed by atoms with Crippen LogP contribution in [0.15, 0.2) is 17.8 Å². The molecule has 3 N–H and O–H groups in total. The first kappa shape index (κ1) is 11.3. The largest absolute Gasteiger partial charge is 0.276 e. The zero-order valence-electron chi connectivity index (χ0n) is 9.34. The summed E-state index contributed by atoms with van der Waals surface area (Å²) in [4.78, 5) is 4.43. The molecule has 1 unspecified atom stereocenters. The van der Waals surface area contributed by atoms with Crippen molar-refractivity contribution in [2.75, 3.05) is 0 Å². The van der Waals surface area contributed by atoms with E-state index in [-0.39, 0.29) is 6.04 Å². The van der Waals surface area contributed by atoms with Gasteiger partial charge in [0.15, 0.2) is 0 Å². The van der Waals surface area contributed by atoms with Crippen molar-refractivity contribution in [3.05, 3.63) is 34.0 Å². The van der Waals surface area contributed by atoms with Crippen LogP contribution in [0.5, 0.6) is 0 Å². The van der Waals surface area contributed by atoms with Crippen molar-refractivity contribution >= 4 is 11.3 Å². The van der Waals surface area contributed by atoms with Crippen LogP contribution in [0.4, 0.5) is 0 Å². The predicted octanol–water partition coefficient (Wildman–Crippen LogP) is 0.932. The molecule has 16 heavy (non-hydrogen) atoms. The molecule has 0 saturated carbocycles. The Balaban J connectivity index is 2.12. The van der Waals surface area contributed by atoms with Crippen LogP contribution in [0.2, 0.25) is 0 Å². The van der Waals surface area contributed by atoms with E-state index in [1.165, 1.54) is 0 Å². The first-order valence-corrected chi connectivity index (χ1v) is 5.92. The first-order valence-electron chi connectivity index (χ1n) is 5.04. The Labute approximate surface area is 98.3 Å². The van der Waals surface area contributed by atoms with Crippen LogP contribution < -0.4 is 11.3 Å². The lowest BCUT2D eigenvalue weighted by atomic mass is 10.1. The molecular formula is C10H15N5S. The second kappa shape index (κ2) is 4.73. The van der Waals surface area contributed by atoms with Crippen LogP contribution >= 0.6 is 11.3 Å². The number of hydrogen-bond donors (Lipinski definition) is 2. The van der Waals surface area contributed by atoms with Crippen molar-refractivity contribution in [3.8, 4) is 0 Å². The molecule has 5 nitrogen and oxygen atoms in total. The van der Waals surface area contributed by atoms with Crippen molar-refractivity contribution in [2.45, 2.75) is 19.4 Å². The van der Waals surface area contributed by atoms with E-state index in [2.05, 4.69) is 15.5 Å². The molecule has 0 radical (unpaired) electrons. The van der Waals surface area contributed by atoms with Gasteiger partial charge in [0.2, 0.25) is 0 Å². The third kappa shape index (κ3) is 2.46. The number of rotatable bonds is 4. The fraction of sp³-hybridized carbons (Fsp3) is 0.400. The standard InChI is InChI=1S/C10H15N5S/c1-7-13-10(6-16-7)9(14-11)3-8-4-12-15(2)5-8/h4-6,9,14H,3,11H2,1-2H3. The van der Waals surface area contributed by atoms with E-state index in [4.69, 9.17) is 5.84 Å². The van der Waals surface area contributed by atoms with Crippen molar-refractivity contribution in [1.29, 1.82) is 0 Å². The van der Waals surface area contributed by atoms with Crippen molar-refractivity contribution in [1.82, 2.24) is 20.2 Å². The van der Waals surface area contributed by atoms with E-state index in [9.17, 15) is 0 Å². The van der Waals surface area contributed by atoms with E-state index >= 15 is 0 Å². The van der Waals surface area contributed by atoms with Gasteiger partial charge in [-0.25, -0.2) is 4.98 Å². The number of nitrogens with zero attached hydrogens (tertiary/aromatic N) is 3. The number of nitrogens with one attached hydrogen (secondary N) is 1. The molecule has 0 aliphatic heterocycles. The highest BCUT2D eigenvalue weighted by molar-refractivity contribution is 7.09. The van der Waals surface area contributed by atoms with Crippen molar-refractivity contribution in [3.63, 3.8) is 0 Å². The summed E-state index contributed by atoms with van der Waals surface area (Å²) >= 11 is 1.64. The summed E-state index contributed by atoms with van der Waals surface area (Å²) in [6.45, 7) is 1.99. The van der Waals surface area contributed by atoms with E-state index in [0.717, 1.165) is 22.7 Å². The van der Waals surface area contributed by atoms with Gasteiger partial charge in [-0.3, -0.25) is 16.0 Å². The summed E-state index contributed by atoms with van der Waals surface area (Å²) in [5.41, 5.74) is 4.94. The molecule has 2 rings (SSSR count). The molecule has 2 aromatic heterocycles. The van der Waals surface area contributed by atoms with Gasteiger partial charge in [0.05, 0.1) is 22.9 Å². The molecule has 0 spiro atoms. The first-order chi connectivity index (χ1) is 7.69. The maximum Gasteiger partial charge on any atom is 0.0898 e. The van der Waals surface area contributed by atoms with Crippen LogP contribution in [0.25, 0.3) is 0 Å². The van der Waals surface area contributed by atoms with Crippen LogP contribution in [0, 0.1) is 6.92 Å². The van der Waals surface area contributed by atoms with Crippen LogP contribution in [0.1, 0.15) is 22.3 Å². The normalized spacial score (nSPS) is 12.9. The van der Waals surface area contributed by atoms with E-state index in [1.807, 2.05) is 31.7 Å². The highest BCUT2D eigenvalue weighted by atomic mass is 32.1. The van der Waals surface area contributed by atoms with Gasteiger partial charge in [-0.05, 0) is 18.9 Å². The fourth-order valence-corrected chi connectivity index (χ4v) is 2.27. The highest BCUT2D eigenvalue weighted by Crippen LogP contribution is 2.19. The van der Waals surface area contributed by atoms with Gasteiger partial charge in [-0.15, -0.1) is 11.3 Å². The van der Waals surface area contributed by atoms with Crippen LogP contribution in [-0.2, 0) is 13.5 Å². The monoisotopic (exact) mass is 237 g/mol. The Morgan fingerprint density at radius 1 is 1.62 bits per heavy atom. The minimum absolute atomic E-state index is 0.0501. The Kier molecular flexibility index (Phi) is 3.33. The molecule has 0 saturated heterocycles. The van der Waals surface area contributed by atoms with Gasteiger partial charge < -0.3 is 0 Å². The second-order valence-corrected chi connectivity index (χ2v) is 4.80. The lowest BCUT2D eigenvalue weighted by Crippen LogP contribution is -2.29. The number of hydrogen-bond acceptors (Lipinski definition) is 5. The number of hydrazine groups is 1. The summed E-state index contributed by atoms with van der Waals surface area (Å²) in [5.74, 6) is 5.56. The Hall–Kier alpha value is -1.24. The van der Waals surface area contributed by atoms with Gasteiger partial charge in [0.25, 0.3) is 0 Å². The average molecular weight is 237 g/mol. The molecule has 86 valence electrons. The van der Waals surface area contributed by atoms with E-state index in [0.29, 0.717) is 0 Å². The molecule has 6 heteroatoms. The summed E-state index contributed by atoms with van der Waals surface area (Å²) in [6.07, 6.45) is 4.64. The summed E-state index contributed by atoms with van der Waals surface area (Å²) in [5, 5.41) is 7.23. The Morgan fingerprint density at radius 3 is 2.94 bits per heavy atom. The molecule has 0 aliphatic carbocycles. The number of aryl methyl sites for hydroxylation is 2. The maximum absolute atomic E-state index is 5.56. The van der Waals surface area contributed by atoms with Crippen molar-refractivity contribution in [2.24, 2.45) is 12.9 Å². The average Bonchev–Trinajstić information content (AvgIpc) is 2.84. The van der Waals surface area contributed by atoms with Gasteiger partial charge in [-0.2, -0.15) is 5.10 Å². The number of thiazole rings is 1. The predicted molar refractivity (Wildman–Crippen MR) is 63.8 cm³/mol. The van der Waals surface area contributed by atoms with Crippen LogP contribution in [0.3, 0.4) is 0 Å². The SMILES string of the molecule is Cc1nc(C(Cc2cnn(C)c2)NN)cs1. The third-order valence-corrected chi connectivity index (χ3v) is 3.18. The molecule has 0 amide bonds. The van der Waals surface area contributed by atoms with Crippen LogP contribution in [-0.4, -0.2) is 14.8 Å². The topological polar surface area (TPSA) is 68.8 Å². The molecule has 0 fully saturated rings. The minimum atomic E-state index is 0.0501. The lowest BCUT2D eigenvalue weighted by Gasteiger charge is -2.11. The van der Waals surface area contributed by atoms with Gasteiger partial charge >= 0.3 is 0 Å².